The predicted molar refractivity (Wildman–Crippen MR) is 81.1 cm³/mol. The second-order valence-electron chi connectivity index (χ2n) is 5.36. The van der Waals surface area contributed by atoms with E-state index in [9.17, 15) is 4.79 Å². The fourth-order valence-corrected chi connectivity index (χ4v) is 2.57. The van der Waals surface area contributed by atoms with Crippen molar-refractivity contribution in [3.05, 3.63) is 48.5 Å². The van der Waals surface area contributed by atoms with Crippen LogP contribution in [-0.4, -0.2) is 28.0 Å². The van der Waals surface area contributed by atoms with Gasteiger partial charge >= 0.3 is 0 Å². The third-order valence-electron chi connectivity index (χ3n) is 3.83. The number of hydrogen-bond acceptors (Lipinski definition) is 3. The van der Waals surface area contributed by atoms with Gasteiger partial charge in [-0.25, -0.2) is 4.98 Å². The van der Waals surface area contributed by atoms with Gasteiger partial charge in [-0.2, -0.15) is 0 Å². The minimum Gasteiger partial charge on any atom is -0.355 e. The van der Waals surface area contributed by atoms with Gasteiger partial charge in [0, 0.05) is 31.2 Å². The molecule has 1 fully saturated rings. The van der Waals surface area contributed by atoms with Gasteiger partial charge in [-0.05, 0) is 37.0 Å². The van der Waals surface area contributed by atoms with Crippen LogP contribution in [0, 0.1) is 0 Å². The molecule has 0 saturated carbocycles. The Morgan fingerprint density at radius 2 is 2.14 bits per heavy atom. The van der Waals surface area contributed by atoms with E-state index in [0.29, 0.717) is 6.54 Å². The average molecular weight is 284 g/mol. The molecule has 21 heavy (non-hydrogen) atoms. The Morgan fingerprint density at radius 3 is 2.90 bits per heavy atom. The molecule has 0 radical (unpaired) electrons. The molecule has 1 atom stereocenters. The predicted octanol–water partition coefficient (Wildman–Crippen LogP) is 1.63. The number of amides is 1. The number of imidazole rings is 1. The zero-order valence-corrected chi connectivity index (χ0v) is 12.0. The van der Waals surface area contributed by atoms with Gasteiger partial charge in [0.1, 0.15) is 0 Å². The first-order valence-electron chi connectivity index (χ1n) is 7.41. The summed E-state index contributed by atoms with van der Waals surface area (Å²) in [6.45, 7) is 1.51. The van der Waals surface area contributed by atoms with Gasteiger partial charge < -0.3 is 15.2 Å². The number of nitrogens with one attached hydrogen (secondary N) is 2. The molecule has 110 valence electrons. The van der Waals surface area contributed by atoms with Crippen LogP contribution in [0.4, 0.5) is 0 Å². The molecule has 5 heteroatoms. The first-order chi connectivity index (χ1) is 10.3. The molecule has 1 aromatic heterocycles. The van der Waals surface area contributed by atoms with Gasteiger partial charge in [-0.15, -0.1) is 0 Å². The molecule has 1 amide bonds. The highest BCUT2D eigenvalue weighted by molar-refractivity contribution is 5.81. The number of carbonyl (C=O) groups excluding carboxylic acids is 1. The molecule has 0 spiro atoms. The van der Waals surface area contributed by atoms with Crippen molar-refractivity contribution in [2.75, 3.05) is 6.54 Å². The molecule has 1 aromatic carbocycles. The van der Waals surface area contributed by atoms with Gasteiger partial charge in [0.2, 0.25) is 5.91 Å². The van der Waals surface area contributed by atoms with Crippen LogP contribution in [0.5, 0.6) is 0 Å². The first kappa shape index (κ1) is 13.8. The van der Waals surface area contributed by atoms with Gasteiger partial charge in [0.05, 0.1) is 12.4 Å². The molecule has 1 saturated heterocycles. The lowest BCUT2D eigenvalue weighted by Crippen LogP contribution is -2.42. The molecule has 5 nitrogen and oxygen atoms in total. The van der Waals surface area contributed by atoms with Crippen molar-refractivity contribution >= 4 is 5.91 Å². The Bertz CT molecular complexity index is 577. The van der Waals surface area contributed by atoms with E-state index >= 15 is 0 Å². The average Bonchev–Trinajstić information content (AvgIpc) is 2.97. The summed E-state index contributed by atoms with van der Waals surface area (Å²) in [5, 5.41) is 6.30. The standard InChI is InChI=1S/C16H20N4O/c21-16-15(3-1-2-8-18-16)19-11-13-4-6-14(7-5-13)20-10-9-17-12-20/h4-7,9-10,12,15,19H,1-3,8,11H2,(H,18,21). The van der Waals surface area contributed by atoms with E-state index in [-0.39, 0.29) is 11.9 Å². The lowest BCUT2D eigenvalue weighted by molar-refractivity contribution is -0.122. The third-order valence-corrected chi connectivity index (χ3v) is 3.83. The zero-order valence-electron chi connectivity index (χ0n) is 12.0. The maximum atomic E-state index is 11.9. The van der Waals surface area contributed by atoms with Crippen molar-refractivity contribution in [3.63, 3.8) is 0 Å². The fourth-order valence-electron chi connectivity index (χ4n) is 2.57. The molecule has 2 heterocycles. The van der Waals surface area contributed by atoms with E-state index in [1.807, 2.05) is 10.8 Å². The number of benzene rings is 1. The van der Waals surface area contributed by atoms with Gasteiger partial charge in [0.25, 0.3) is 0 Å². The summed E-state index contributed by atoms with van der Waals surface area (Å²) in [7, 11) is 0. The largest absolute Gasteiger partial charge is 0.355 e. The number of nitrogens with zero attached hydrogens (tertiary/aromatic N) is 2. The molecule has 2 N–H and O–H groups in total. The normalized spacial score (nSPS) is 19.0. The van der Waals surface area contributed by atoms with E-state index < -0.39 is 0 Å². The third kappa shape index (κ3) is 3.49. The summed E-state index contributed by atoms with van der Waals surface area (Å²) < 4.78 is 1.97. The topological polar surface area (TPSA) is 59.0 Å². The summed E-state index contributed by atoms with van der Waals surface area (Å²) in [6, 6.07) is 8.21. The molecule has 3 rings (SSSR count). The maximum Gasteiger partial charge on any atom is 0.237 e. The van der Waals surface area contributed by atoms with E-state index in [2.05, 4.69) is 39.9 Å². The van der Waals surface area contributed by atoms with Gasteiger partial charge in [-0.1, -0.05) is 12.1 Å². The number of hydrogen-bond donors (Lipinski definition) is 2. The summed E-state index contributed by atoms with van der Waals surface area (Å²) in [4.78, 5) is 15.9. The van der Waals surface area contributed by atoms with Crippen LogP contribution in [0.3, 0.4) is 0 Å². The number of aromatic nitrogens is 2. The molecule has 0 aliphatic carbocycles. The smallest absolute Gasteiger partial charge is 0.237 e. The van der Waals surface area contributed by atoms with Crippen molar-refractivity contribution in [1.29, 1.82) is 0 Å². The zero-order chi connectivity index (χ0) is 14.5. The van der Waals surface area contributed by atoms with Crippen LogP contribution in [0.2, 0.25) is 0 Å². The van der Waals surface area contributed by atoms with Gasteiger partial charge in [0.15, 0.2) is 0 Å². The van der Waals surface area contributed by atoms with Crippen LogP contribution in [0.25, 0.3) is 5.69 Å². The highest BCUT2D eigenvalue weighted by Gasteiger charge is 2.19. The van der Waals surface area contributed by atoms with E-state index in [1.54, 1.807) is 12.5 Å². The second kappa shape index (κ2) is 6.54. The van der Waals surface area contributed by atoms with Crippen molar-refractivity contribution in [1.82, 2.24) is 20.2 Å². The Labute approximate surface area is 124 Å². The maximum absolute atomic E-state index is 11.9. The van der Waals surface area contributed by atoms with Crippen molar-refractivity contribution < 1.29 is 4.79 Å². The Kier molecular flexibility index (Phi) is 4.31. The van der Waals surface area contributed by atoms with E-state index in [0.717, 1.165) is 31.5 Å². The number of rotatable bonds is 4. The summed E-state index contributed by atoms with van der Waals surface area (Å²) in [6.07, 6.45) is 8.55. The highest BCUT2D eigenvalue weighted by atomic mass is 16.2. The Balaban J connectivity index is 1.59. The summed E-state index contributed by atoms with van der Waals surface area (Å²) >= 11 is 0. The SMILES string of the molecule is O=C1NCCCCC1NCc1ccc(-n2ccnc2)cc1. The Hall–Kier alpha value is -2.14. The van der Waals surface area contributed by atoms with Crippen molar-refractivity contribution in [2.45, 2.75) is 31.8 Å². The molecule has 1 aliphatic rings. The number of carbonyl (C=O) groups is 1. The lowest BCUT2D eigenvalue weighted by atomic mass is 10.1. The van der Waals surface area contributed by atoms with E-state index in [4.69, 9.17) is 0 Å². The first-order valence-corrected chi connectivity index (χ1v) is 7.41. The summed E-state index contributed by atoms with van der Waals surface area (Å²) in [5.41, 5.74) is 2.26. The molecular weight excluding hydrogens is 264 g/mol. The van der Waals surface area contributed by atoms with Gasteiger partial charge in [-0.3, -0.25) is 4.79 Å². The fraction of sp³-hybridized carbons (Fsp3) is 0.375. The minimum absolute atomic E-state index is 0.0687. The Morgan fingerprint density at radius 1 is 1.29 bits per heavy atom. The molecule has 2 aromatic rings. The molecule has 1 aliphatic heterocycles. The van der Waals surface area contributed by atoms with E-state index in [1.165, 1.54) is 5.56 Å². The van der Waals surface area contributed by atoms with Crippen LogP contribution in [-0.2, 0) is 11.3 Å². The highest BCUT2D eigenvalue weighted by Crippen LogP contribution is 2.10. The second-order valence-corrected chi connectivity index (χ2v) is 5.36. The molecular formula is C16H20N4O. The van der Waals surface area contributed by atoms with Crippen molar-refractivity contribution in [3.8, 4) is 5.69 Å². The lowest BCUT2D eigenvalue weighted by Gasteiger charge is -2.15. The monoisotopic (exact) mass is 284 g/mol. The van der Waals surface area contributed by atoms with Crippen LogP contribution < -0.4 is 10.6 Å². The van der Waals surface area contributed by atoms with Crippen LogP contribution >= 0.6 is 0 Å². The van der Waals surface area contributed by atoms with Crippen molar-refractivity contribution in [2.24, 2.45) is 0 Å². The summed E-state index contributed by atoms with van der Waals surface area (Å²) in [5.74, 6) is 0.127. The van der Waals surface area contributed by atoms with Crippen LogP contribution in [0.1, 0.15) is 24.8 Å². The molecule has 0 bridgehead atoms. The van der Waals surface area contributed by atoms with Crippen LogP contribution in [0.15, 0.2) is 43.0 Å². The quantitative estimate of drug-likeness (QED) is 0.897. The minimum atomic E-state index is -0.0687. The molecule has 1 unspecified atom stereocenters.